The first kappa shape index (κ1) is 21.2. The summed E-state index contributed by atoms with van der Waals surface area (Å²) < 4.78 is 21.5. The van der Waals surface area contributed by atoms with Gasteiger partial charge in [0.05, 0.1) is 39.5 Å². The number of rotatable bonds is 9. The summed E-state index contributed by atoms with van der Waals surface area (Å²) in [5, 5.41) is 8.36. The predicted molar refractivity (Wildman–Crippen MR) is 122 cm³/mol. The highest BCUT2D eigenvalue weighted by molar-refractivity contribution is 5.92. The van der Waals surface area contributed by atoms with Crippen LogP contribution in [-0.4, -0.2) is 61.5 Å². The van der Waals surface area contributed by atoms with Gasteiger partial charge in [0.1, 0.15) is 24.3 Å². The van der Waals surface area contributed by atoms with Gasteiger partial charge in [0.15, 0.2) is 23.0 Å². The number of aromatic nitrogens is 4. The standard InChI is InChI=1S/C22H24N6O4/c1-29-17-7-13-15(9-19(17)31-3)25-11-27-21(13)23-5-6-24-22-14-8-18(30-2)20(32-4)10-16(14)26-12-28-22/h7-12H,5-6H2,1-4H3,(H,23,25,27)(H,24,26,28). The number of methoxy groups -OCH3 is 4. The van der Waals surface area contributed by atoms with E-state index in [9.17, 15) is 0 Å². The third kappa shape index (κ3) is 4.07. The van der Waals surface area contributed by atoms with Crippen molar-refractivity contribution in [3.05, 3.63) is 36.9 Å². The summed E-state index contributed by atoms with van der Waals surface area (Å²) in [6.45, 7) is 1.19. The summed E-state index contributed by atoms with van der Waals surface area (Å²) in [6.07, 6.45) is 3.03. The van der Waals surface area contributed by atoms with Crippen molar-refractivity contribution >= 4 is 33.4 Å². The smallest absolute Gasteiger partial charge is 0.162 e. The quantitative estimate of drug-likeness (QED) is 0.379. The van der Waals surface area contributed by atoms with E-state index in [1.165, 1.54) is 12.7 Å². The van der Waals surface area contributed by atoms with Crippen molar-refractivity contribution in [2.45, 2.75) is 0 Å². The van der Waals surface area contributed by atoms with E-state index < -0.39 is 0 Å². The largest absolute Gasteiger partial charge is 0.493 e. The van der Waals surface area contributed by atoms with Crippen LogP contribution in [0, 0.1) is 0 Å². The molecule has 2 N–H and O–H groups in total. The van der Waals surface area contributed by atoms with E-state index in [-0.39, 0.29) is 0 Å². The van der Waals surface area contributed by atoms with Gasteiger partial charge in [0.2, 0.25) is 0 Å². The van der Waals surface area contributed by atoms with Gasteiger partial charge in [-0.25, -0.2) is 19.9 Å². The Balaban J connectivity index is 1.50. The van der Waals surface area contributed by atoms with E-state index in [1.807, 2.05) is 24.3 Å². The molecule has 0 amide bonds. The molecular weight excluding hydrogens is 412 g/mol. The number of fused-ring (bicyclic) bond motifs is 2. The van der Waals surface area contributed by atoms with E-state index in [1.54, 1.807) is 28.4 Å². The average Bonchev–Trinajstić information content (AvgIpc) is 2.84. The molecule has 0 aliphatic heterocycles. The van der Waals surface area contributed by atoms with E-state index in [0.29, 0.717) is 47.7 Å². The molecule has 0 saturated heterocycles. The normalized spacial score (nSPS) is 10.8. The molecule has 0 spiro atoms. The molecule has 4 aromatic rings. The van der Waals surface area contributed by atoms with Gasteiger partial charge in [0, 0.05) is 36.0 Å². The second-order valence-corrected chi connectivity index (χ2v) is 6.75. The van der Waals surface area contributed by atoms with Crippen LogP contribution in [0.15, 0.2) is 36.9 Å². The summed E-state index contributed by atoms with van der Waals surface area (Å²) in [4.78, 5) is 17.4. The molecule has 2 aromatic carbocycles. The molecule has 166 valence electrons. The minimum absolute atomic E-state index is 0.596. The van der Waals surface area contributed by atoms with Gasteiger partial charge in [-0.2, -0.15) is 0 Å². The number of anilines is 2. The Bertz CT molecular complexity index is 1150. The molecule has 2 aromatic heterocycles. The number of benzene rings is 2. The zero-order valence-corrected chi connectivity index (χ0v) is 18.3. The van der Waals surface area contributed by atoms with Crippen LogP contribution in [0.5, 0.6) is 23.0 Å². The van der Waals surface area contributed by atoms with Crippen molar-refractivity contribution in [3.8, 4) is 23.0 Å². The van der Waals surface area contributed by atoms with Gasteiger partial charge in [0.25, 0.3) is 0 Å². The van der Waals surface area contributed by atoms with E-state index in [4.69, 9.17) is 18.9 Å². The Morgan fingerprint density at radius 2 is 0.938 bits per heavy atom. The third-order valence-corrected chi connectivity index (χ3v) is 4.99. The summed E-state index contributed by atoms with van der Waals surface area (Å²) in [7, 11) is 6.39. The highest BCUT2D eigenvalue weighted by atomic mass is 16.5. The molecule has 10 heteroatoms. The Hall–Kier alpha value is -4.08. The maximum absolute atomic E-state index is 5.41. The van der Waals surface area contributed by atoms with Crippen molar-refractivity contribution in [3.63, 3.8) is 0 Å². The molecule has 4 rings (SSSR count). The van der Waals surface area contributed by atoms with E-state index in [2.05, 4.69) is 30.6 Å². The highest BCUT2D eigenvalue weighted by Crippen LogP contribution is 2.34. The van der Waals surface area contributed by atoms with Gasteiger partial charge < -0.3 is 29.6 Å². The number of nitrogens with one attached hydrogen (secondary N) is 2. The summed E-state index contributed by atoms with van der Waals surface area (Å²) >= 11 is 0. The van der Waals surface area contributed by atoms with Gasteiger partial charge >= 0.3 is 0 Å². The molecule has 0 bridgehead atoms. The minimum atomic E-state index is 0.596. The first-order chi connectivity index (χ1) is 15.7. The minimum Gasteiger partial charge on any atom is -0.493 e. The number of ether oxygens (including phenoxy) is 4. The maximum atomic E-state index is 5.41. The van der Waals surface area contributed by atoms with Crippen molar-refractivity contribution in [1.29, 1.82) is 0 Å². The Morgan fingerprint density at radius 1 is 0.562 bits per heavy atom. The molecule has 0 unspecified atom stereocenters. The summed E-state index contributed by atoms with van der Waals surface area (Å²) in [5.41, 5.74) is 1.52. The van der Waals surface area contributed by atoms with Crippen LogP contribution >= 0.6 is 0 Å². The molecule has 0 aliphatic rings. The molecule has 0 radical (unpaired) electrons. The molecule has 10 nitrogen and oxygen atoms in total. The third-order valence-electron chi connectivity index (χ3n) is 4.99. The number of hydrogen-bond donors (Lipinski definition) is 2. The van der Waals surface area contributed by atoms with Gasteiger partial charge in [-0.1, -0.05) is 0 Å². The number of hydrogen-bond acceptors (Lipinski definition) is 10. The van der Waals surface area contributed by atoms with Gasteiger partial charge in [-0.05, 0) is 12.1 Å². The second kappa shape index (κ2) is 9.38. The Morgan fingerprint density at radius 3 is 1.31 bits per heavy atom. The molecule has 0 aliphatic carbocycles. The van der Waals surface area contributed by atoms with Crippen LogP contribution < -0.4 is 29.6 Å². The zero-order valence-electron chi connectivity index (χ0n) is 18.3. The van der Waals surface area contributed by atoms with Gasteiger partial charge in [-0.15, -0.1) is 0 Å². The van der Waals surface area contributed by atoms with Crippen molar-refractivity contribution in [2.24, 2.45) is 0 Å². The lowest BCUT2D eigenvalue weighted by atomic mass is 10.2. The fraction of sp³-hybridized carbons (Fsp3) is 0.273. The molecule has 0 atom stereocenters. The zero-order chi connectivity index (χ0) is 22.5. The summed E-state index contributed by atoms with van der Waals surface area (Å²) in [6, 6.07) is 7.38. The van der Waals surface area contributed by atoms with Gasteiger partial charge in [-0.3, -0.25) is 0 Å². The topological polar surface area (TPSA) is 113 Å². The van der Waals surface area contributed by atoms with Crippen LogP contribution in [0.3, 0.4) is 0 Å². The lowest BCUT2D eigenvalue weighted by Gasteiger charge is -2.13. The van der Waals surface area contributed by atoms with E-state index >= 15 is 0 Å². The van der Waals surface area contributed by atoms with Crippen LogP contribution in [0.25, 0.3) is 21.8 Å². The first-order valence-electron chi connectivity index (χ1n) is 9.89. The van der Waals surface area contributed by atoms with E-state index in [0.717, 1.165) is 21.8 Å². The average molecular weight is 436 g/mol. The highest BCUT2D eigenvalue weighted by Gasteiger charge is 2.12. The molecule has 0 fully saturated rings. The van der Waals surface area contributed by atoms with Crippen LogP contribution in [0.2, 0.25) is 0 Å². The SMILES string of the molecule is COc1cc2ncnc(NCCNc3ncnc4cc(OC)c(OC)cc34)c2cc1OC. The molecular formula is C22H24N6O4. The molecule has 2 heterocycles. The Labute approximate surface area is 184 Å². The van der Waals surface area contributed by atoms with Crippen molar-refractivity contribution in [1.82, 2.24) is 19.9 Å². The Kier molecular flexibility index (Phi) is 6.20. The second-order valence-electron chi connectivity index (χ2n) is 6.75. The first-order valence-corrected chi connectivity index (χ1v) is 9.89. The number of nitrogens with zero attached hydrogens (tertiary/aromatic N) is 4. The lowest BCUT2D eigenvalue weighted by Crippen LogP contribution is -2.15. The summed E-state index contributed by atoms with van der Waals surface area (Å²) in [5.74, 6) is 3.89. The van der Waals surface area contributed by atoms with Crippen LogP contribution in [0.1, 0.15) is 0 Å². The predicted octanol–water partition coefficient (Wildman–Crippen LogP) is 3.13. The fourth-order valence-electron chi connectivity index (χ4n) is 3.41. The monoisotopic (exact) mass is 436 g/mol. The molecule has 32 heavy (non-hydrogen) atoms. The van der Waals surface area contributed by atoms with Crippen LogP contribution in [-0.2, 0) is 0 Å². The molecule has 0 saturated carbocycles. The van der Waals surface area contributed by atoms with Crippen LogP contribution in [0.4, 0.5) is 11.6 Å². The lowest BCUT2D eigenvalue weighted by molar-refractivity contribution is 0.356. The van der Waals surface area contributed by atoms with Crippen molar-refractivity contribution < 1.29 is 18.9 Å². The fourth-order valence-corrected chi connectivity index (χ4v) is 3.41. The maximum Gasteiger partial charge on any atom is 0.162 e. The van der Waals surface area contributed by atoms with Crippen molar-refractivity contribution in [2.75, 3.05) is 52.2 Å².